The number of aromatic nitrogens is 4. The van der Waals surface area contributed by atoms with E-state index in [4.69, 9.17) is 0 Å². The van der Waals surface area contributed by atoms with E-state index in [0.29, 0.717) is 11.1 Å². The van der Waals surface area contributed by atoms with E-state index in [2.05, 4.69) is 15.1 Å². The van der Waals surface area contributed by atoms with E-state index in [1.807, 2.05) is 0 Å². The summed E-state index contributed by atoms with van der Waals surface area (Å²) in [5, 5.41) is 14.0. The molecule has 2 N–H and O–H groups in total. The van der Waals surface area contributed by atoms with E-state index in [1.165, 1.54) is 30.5 Å². The van der Waals surface area contributed by atoms with Gasteiger partial charge in [-0.05, 0) is 17.7 Å². The van der Waals surface area contributed by atoms with Crippen LogP contribution in [0.15, 0.2) is 41.5 Å². The van der Waals surface area contributed by atoms with E-state index < -0.39 is 17.3 Å². The third-order valence-corrected chi connectivity index (χ3v) is 3.01. The fourth-order valence-corrected chi connectivity index (χ4v) is 2.02. The maximum atomic E-state index is 12.9. The van der Waals surface area contributed by atoms with Crippen molar-refractivity contribution in [2.24, 2.45) is 7.05 Å². The number of hydrogen-bond donors (Lipinski definition) is 2. The Kier molecular flexibility index (Phi) is 3.02. The van der Waals surface area contributed by atoms with Gasteiger partial charge in [0.05, 0.1) is 11.8 Å². The number of halogens is 1. The summed E-state index contributed by atoms with van der Waals surface area (Å²) in [6.45, 7) is 0. The summed E-state index contributed by atoms with van der Waals surface area (Å²) in [6, 6.07) is 5.24. The van der Waals surface area contributed by atoms with E-state index >= 15 is 0 Å². The normalized spacial score (nSPS) is 10.8. The monoisotopic (exact) mass is 286 g/mol. The third kappa shape index (κ3) is 2.40. The molecular formula is C14H11FN4O2. The predicted octanol–water partition coefficient (Wildman–Crippen LogP) is 1.68. The van der Waals surface area contributed by atoms with Crippen LogP contribution in [0.5, 0.6) is 5.88 Å². The van der Waals surface area contributed by atoms with E-state index in [1.54, 1.807) is 17.9 Å². The second-order valence-corrected chi connectivity index (χ2v) is 4.52. The van der Waals surface area contributed by atoms with Crippen molar-refractivity contribution in [3.63, 3.8) is 0 Å². The summed E-state index contributed by atoms with van der Waals surface area (Å²) in [5.74, 6) is -0.615. The molecule has 0 aliphatic carbocycles. The summed E-state index contributed by atoms with van der Waals surface area (Å²) < 4.78 is 14.5. The van der Waals surface area contributed by atoms with Crippen LogP contribution in [0.3, 0.4) is 0 Å². The second-order valence-electron chi connectivity index (χ2n) is 4.52. The van der Waals surface area contributed by atoms with Crippen molar-refractivity contribution in [3.05, 3.63) is 52.8 Å². The largest absolute Gasteiger partial charge is 0.493 e. The number of H-pyrrole nitrogens is 1. The van der Waals surface area contributed by atoms with Crippen molar-refractivity contribution in [2.45, 2.75) is 0 Å². The molecule has 1 aromatic carbocycles. The van der Waals surface area contributed by atoms with E-state index in [0.717, 1.165) is 0 Å². The molecule has 0 spiro atoms. The Balaban J connectivity index is 2.12. The zero-order valence-electron chi connectivity index (χ0n) is 11.0. The van der Waals surface area contributed by atoms with Crippen LogP contribution in [-0.2, 0) is 7.05 Å². The molecule has 0 atom stereocenters. The van der Waals surface area contributed by atoms with Crippen molar-refractivity contribution < 1.29 is 9.50 Å². The standard InChI is InChI=1S/C14H11FN4O2/c1-19-7-9(6-16-19)12-17-13(20)11(14(21)18-12)8-2-4-10(15)5-3-8/h2-7H,1H3,(H2,17,18,20,21). The van der Waals surface area contributed by atoms with Crippen LogP contribution in [0, 0.1) is 5.82 Å². The summed E-state index contributed by atoms with van der Waals surface area (Å²) >= 11 is 0. The smallest absolute Gasteiger partial charge is 0.262 e. The number of aromatic amines is 1. The van der Waals surface area contributed by atoms with E-state index in [9.17, 15) is 14.3 Å². The van der Waals surface area contributed by atoms with Crippen LogP contribution in [0.4, 0.5) is 4.39 Å². The molecular weight excluding hydrogens is 275 g/mol. The molecule has 3 aromatic rings. The van der Waals surface area contributed by atoms with Gasteiger partial charge in [-0.2, -0.15) is 10.1 Å². The summed E-state index contributed by atoms with van der Waals surface area (Å²) in [6.07, 6.45) is 3.19. The summed E-state index contributed by atoms with van der Waals surface area (Å²) in [4.78, 5) is 18.7. The zero-order valence-corrected chi connectivity index (χ0v) is 11.0. The SMILES string of the molecule is Cn1cc(-c2nc(O)c(-c3ccc(F)cc3)c(=O)[nH]2)cn1. The molecule has 0 aliphatic rings. The van der Waals surface area contributed by atoms with Gasteiger partial charge in [-0.25, -0.2) is 4.39 Å². The Hall–Kier alpha value is -2.96. The average molecular weight is 286 g/mol. The fraction of sp³-hybridized carbons (Fsp3) is 0.0714. The van der Waals surface area contributed by atoms with Crippen LogP contribution >= 0.6 is 0 Å². The number of rotatable bonds is 2. The highest BCUT2D eigenvalue weighted by molar-refractivity contribution is 5.68. The summed E-state index contributed by atoms with van der Waals surface area (Å²) in [5.41, 5.74) is 0.464. The lowest BCUT2D eigenvalue weighted by Crippen LogP contribution is -2.12. The third-order valence-electron chi connectivity index (χ3n) is 3.01. The number of aryl methyl sites for hydroxylation is 1. The molecule has 7 heteroatoms. The topological polar surface area (TPSA) is 83.8 Å². The first-order chi connectivity index (χ1) is 10.0. The van der Waals surface area contributed by atoms with Gasteiger partial charge in [0.15, 0.2) is 0 Å². The van der Waals surface area contributed by atoms with Crippen molar-refractivity contribution in [1.29, 1.82) is 0 Å². The first-order valence-corrected chi connectivity index (χ1v) is 6.13. The molecule has 0 saturated heterocycles. The number of aromatic hydroxyl groups is 1. The van der Waals surface area contributed by atoms with Crippen LogP contribution in [0.25, 0.3) is 22.5 Å². The molecule has 2 aromatic heterocycles. The Morgan fingerprint density at radius 2 is 1.95 bits per heavy atom. The van der Waals surface area contributed by atoms with Crippen molar-refractivity contribution in [1.82, 2.24) is 19.7 Å². The minimum Gasteiger partial charge on any atom is -0.493 e. The quantitative estimate of drug-likeness (QED) is 0.750. The zero-order chi connectivity index (χ0) is 15.0. The van der Waals surface area contributed by atoms with Crippen LogP contribution in [-0.4, -0.2) is 24.9 Å². The van der Waals surface area contributed by atoms with Crippen molar-refractivity contribution >= 4 is 0 Å². The van der Waals surface area contributed by atoms with Gasteiger partial charge in [0.25, 0.3) is 5.56 Å². The maximum absolute atomic E-state index is 12.9. The molecule has 0 unspecified atom stereocenters. The fourth-order valence-electron chi connectivity index (χ4n) is 2.02. The van der Waals surface area contributed by atoms with Crippen LogP contribution in [0.2, 0.25) is 0 Å². The Labute approximate surface area is 118 Å². The lowest BCUT2D eigenvalue weighted by Gasteiger charge is -2.05. The van der Waals surface area contributed by atoms with Crippen LogP contribution in [0.1, 0.15) is 0 Å². The number of hydrogen-bond acceptors (Lipinski definition) is 4. The Bertz CT molecular complexity index is 852. The lowest BCUT2D eigenvalue weighted by atomic mass is 10.1. The first-order valence-electron chi connectivity index (χ1n) is 6.13. The highest BCUT2D eigenvalue weighted by atomic mass is 19.1. The van der Waals surface area contributed by atoms with Gasteiger partial charge in [0.2, 0.25) is 5.88 Å². The number of nitrogens with one attached hydrogen (secondary N) is 1. The highest BCUT2D eigenvalue weighted by Gasteiger charge is 2.14. The van der Waals surface area contributed by atoms with Gasteiger partial charge in [0.1, 0.15) is 17.2 Å². The molecule has 0 amide bonds. The van der Waals surface area contributed by atoms with Gasteiger partial charge in [-0.3, -0.25) is 9.48 Å². The molecule has 21 heavy (non-hydrogen) atoms. The number of benzene rings is 1. The molecule has 0 fully saturated rings. The van der Waals surface area contributed by atoms with Crippen molar-refractivity contribution in [3.8, 4) is 28.4 Å². The Morgan fingerprint density at radius 3 is 2.52 bits per heavy atom. The molecule has 0 radical (unpaired) electrons. The van der Waals surface area contributed by atoms with Crippen molar-refractivity contribution in [2.75, 3.05) is 0 Å². The molecule has 0 saturated carbocycles. The molecule has 0 bridgehead atoms. The second kappa shape index (κ2) is 4.86. The van der Waals surface area contributed by atoms with Crippen LogP contribution < -0.4 is 5.56 Å². The molecule has 0 aliphatic heterocycles. The van der Waals surface area contributed by atoms with Gasteiger partial charge in [0, 0.05) is 13.2 Å². The Morgan fingerprint density at radius 1 is 1.24 bits per heavy atom. The van der Waals surface area contributed by atoms with Gasteiger partial charge >= 0.3 is 0 Å². The van der Waals surface area contributed by atoms with Gasteiger partial charge in [-0.15, -0.1) is 0 Å². The van der Waals surface area contributed by atoms with Gasteiger partial charge < -0.3 is 10.1 Å². The first kappa shape index (κ1) is 13.0. The average Bonchev–Trinajstić information content (AvgIpc) is 2.87. The molecule has 3 rings (SSSR count). The molecule has 2 heterocycles. The minimum absolute atomic E-state index is 0.00244. The van der Waals surface area contributed by atoms with Gasteiger partial charge in [-0.1, -0.05) is 12.1 Å². The number of nitrogens with zero attached hydrogens (tertiary/aromatic N) is 3. The molecule has 106 valence electrons. The molecule has 6 nitrogen and oxygen atoms in total. The summed E-state index contributed by atoms with van der Waals surface area (Å²) in [7, 11) is 1.73. The predicted molar refractivity (Wildman–Crippen MR) is 74.1 cm³/mol. The lowest BCUT2D eigenvalue weighted by molar-refractivity contribution is 0.454. The van der Waals surface area contributed by atoms with E-state index in [-0.39, 0.29) is 11.4 Å². The minimum atomic E-state index is -0.507. The highest BCUT2D eigenvalue weighted by Crippen LogP contribution is 2.25. The maximum Gasteiger partial charge on any atom is 0.262 e.